The van der Waals surface area contributed by atoms with Gasteiger partial charge in [0.05, 0.1) is 0 Å². The average Bonchev–Trinajstić information content (AvgIpc) is 2.72. The molecule has 0 aliphatic rings. The maximum atomic E-state index is 13.2. The zero-order valence-electron chi connectivity index (χ0n) is 18.0. The molecule has 0 aliphatic carbocycles. The molecule has 4 nitrogen and oxygen atoms in total. The summed E-state index contributed by atoms with van der Waals surface area (Å²) in [6.45, 7) is 7.90. The van der Waals surface area contributed by atoms with Crippen LogP contribution in [0.2, 0.25) is 10.0 Å². The van der Waals surface area contributed by atoms with E-state index in [9.17, 15) is 9.59 Å². The van der Waals surface area contributed by atoms with Crippen LogP contribution in [0.15, 0.2) is 42.5 Å². The van der Waals surface area contributed by atoms with Crippen molar-refractivity contribution in [3.8, 4) is 0 Å². The number of halogens is 2. The molecule has 162 valence electrons. The third kappa shape index (κ3) is 6.75. The number of aryl methyl sites for hydroxylation is 2. The molecule has 2 atom stereocenters. The summed E-state index contributed by atoms with van der Waals surface area (Å²) in [5.41, 5.74) is 2.91. The number of carbonyl (C=O) groups is 2. The van der Waals surface area contributed by atoms with Gasteiger partial charge in [-0.1, -0.05) is 66.0 Å². The zero-order chi connectivity index (χ0) is 22.3. The largest absolute Gasteiger partial charge is 0.352 e. The van der Waals surface area contributed by atoms with Crippen LogP contribution >= 0.6 is 23.2 Å². The topological polar surface area (TPSA) is 49.4 Å². The van der Waals surface area contributed by atoms with Gasteiger partial charge in [-0.2, -0.15) is 0 Å². The van der Waals surface area contributed by atoms with E-state index in [0.717, 1.165) is 12.0 Å². The Labute approximate surface area is 189 Å². The minimum absolute atomic E-state index is 0.0355. The van der Waals surface area contributed by atoms with E-state index in [-0.39, 0.29) is 24.4 Å². The standard InChI is InChI=1S/C24H30Cl2N2O2/c1-5-17(3)27-24(30)18(4)28(15-20-21(25)7-6-8-22(20)26)23(29)14-13-19-11-9-16(2)10-12-19/h6-12,17-18H,5,13-15H2,1-4H3,(H,27,30)/t17-,18+/m0/s1. The van der Waals surface area contributed by atoms with E-state index in [1.54, 1.807) is 30.0 Å². The third-order valence-corrected chi connectivity index (χ3v) is 6.01. The highest BCUT2D eigenvalue weighted by Gasteiger charge is 2.27. The van der Waals surface area contributed by atoms with Gasteiger partial charge in [0, 0.05) is 34.6 Å². The molecule has 2 aromatic rings. The summed E-state index contributed by atoms with van der Waals surface area (Å²) in [5.74, 6) is -0.297. The molecule has 1 N–H and O–H groups in total. The highest BCUT2D eigenvalue weighted by atomic mass is 35.5. The number of carbonyl (C=O) groups excluding carboxylic acids is 2. The monoisotopic (exact) mass is 448 g/mol. The van der Waals surface area contributed by atoms with Crippen molar-refractivity contribution >= 4 is 35.0 Å². The lowest BCUT2D eigenvalue weighted by molar-refractivity contribution is -0.140. The number of amides is 2. The van der Waals surface area contributed by atoms with Crippen molar-refractivity contribution in [2.24, 2.45) is 0 Å². The first-order valence-corrected chi connectivity index (χ1v) is 11.1. The van der Waals surface area contributed by atoms with E-state index in [1.807, 2.05) is 45.0 Å². The lowest BCUT2D eigenvalue weighted by Gasteiger charge is -2.30. The molecule has 6 heteroatoms. The van der Waals surface area contributed by atoms with E-state index >= 15 is 0 Å². The predicted octanol–water partition coefficient (Wildman–Crippen LogP) is 5.57. The zero-order valence-corrected chi connectivity index (χ0v) is 19.6. The molecule has 0 spiro atoms. The Hall–Kier alpha value is -2.04. The van der Waals surface area contributed by atoms with E-state index in [4.69, 9.17) is 23.2 Å². The molecule has 2 amide bonds. The molecule has 0 aliphatic heterocycles. The van der Waals surface area contributed by atoms with Crippen molar-refractivity contribution in [3.05, 3.63) is 69.2 Å². The fourth-order valence-electron chi connectivity index (χ4n) is 3.05. The Balaban J connectivity index is 2.21. The van der Waals surface area contributed by atoms with E-state index in [0.29, 0.717) is 28.5 Å². The summed E-state index contributed by atoms with van der Waals surface area (Å²) in [4.78, 5) is 27.5. The van der Waals surface area contributed by atoms with Crippen molar-refractivity contribution in [1.82, 2.24) is 10.2 Å². The van der Waals surface area contributed by atoms with Crippen LogP contribution in [0.4, 0.5) is 0 Å². The van der Waals surface area contributed by atoms with E-state index in [2.05, 4.69) is 5.32 Å². The number of rotatable bonds is 9. The second-order valence-electron chi connectivity index (χ2n) is 7.70. The van der Waals surface area contributed by atoms with Crippen LogP contribution in [0.25, 0.3) is 0 Å². The second kappa shape index (κ2) is 11.4. The molecular formula is C24H30Cl2N2O2. The fourth-order valence-corrected chi connectivity index (χ4v) is 3.57. The highest BCUT2D eigenvalue weighted by Crippen LogP contribution is 2.27. The molecule has 2 rings (SSSR count). The second-order valence-corrected chi connectivity index (χ2v) is 8.52. The summed E-state index contributed by atoms with van der Waals surface area (Å²) in [6, 6.07) is 12.7. The van der Waals surface area contributed by atoms with Gasteiger partial charge < -0.3 is 10.2 Å². The van der Waals surface area contributed by atoms with Crippen molar-refractivity contribution in [2.45, 2.75) is 65.6 Å². The van der Waals surface area contributed by atoms with Gasteiger partial charge in [0.2, 0.25) is 11.8 Å². The van der Waals surface area contributed by atoms with Gasteiger partial charge in [-0.25, -0.2) is 0 Å². The van der Waals surface area contributed by atoms with Crippen LogP contribution < -0.4 is 5.32 Å². The lowest BCUT2D eigenvalue weighted by atomic mass is 10.1. The van der Waals surface area contributed by atoms with Crippen molar-refractivity contribution in [1.29, 1.82) is 0 Å². The first-order chi connectivity index (χ1) is 14.2. The summed E-state index contributed by atoms with van der Waals surface area (Å²) in [5, 5.41) is 3.92. The van der Waals surface area contributed by atoms with Crippen LogP contribution in [-0.2, 0) is 22.6 Å². The molecule has 0 aromatic heterocycles. The van der Waals surface area contributed by atoms with Gasteiger partial charge in [-0.05, 0) is 51.3 Å². The van der Waals surface area contributed by atoms with E-state index < -0.39 is 6.04 Å². The van der Waals surface area contributed by atoms with Crippen molar-refractivity contribution in [2.75, 3.05) is 0 Å². The minimum atomic E-state index is -0.642. The summed E-state index contributed by atoms with van der Waals surface area (Å²) in [7, 11) is 0. The van der Waals surface area contributed by atoms with Crippen molar-refractivity contribution < 1.29 is 9.59 Å². The van der Waals surface area contributed by atoms with Gasteiger partial charge in [0.15, 0.2) is 0 Å². The lowest BCUT2D eigenvalue weighted by Crippen LogP contribution is -2.49. The molecule has 0 saturated heterocycles. The molecular weight excluding hydrogens is 419 g/mol. The molecule has 0 unspecified atom stereocenters. The molecule has 0 saturated carbocycles. The highest BCUT2D eigenvalue weighted by molar-refractivity contribution is 6.36. The number of hydrogen-bond donors (Lipinski definition) is 1. The molecule has 2 aromatic carbocycles. The normalized spacial score (nSPS) is 12.9. The Morgan fingerprint density at radius 1 is 1.03 bits per heavy atom. The number of nitrogens with zero attached hydrogens (tertiary/aromatic N) is 1. The van der Waals surface area contributed by atoms with Crippen LogP contribution in [0.5, 0.6) is 0 Å². The van der Waals surface area contributed by atoms with Crippen molar-refractivity contribution in [3.63, 3.8) is 0 Å². The fraction of sp³-hybridized carbons (Fsp3) is 0.417. The quantitative estimate of drug-likeness (QED) is 0.545. The van der Waals surface area contributed by atoms with E-state index in [1.165, 1.54) is 5.56 Å². The van der Waals surface area contributed by atoms with Crippen LogP contribution in [0.3, 0.4) is 0 Å². The Bertz CT molecular complexity index is 848. The van der Waals surface area contributed by atoms with Gasteiger partial charge >= 0.3 is 0 Å². The predicted molar refractivity (Wildman–Crippen MR) is 124 cm³/mol. The van der Waals surface area contributed by atoms with Gasteiger partial charge in [0.1, 0.15) is 6.04 Å². The molecule has 0 radical (unpaired) electrons. The maximum Gasteiger partial charge on any atom is 0.242 e. The average molecular weight is 449 g/mol. The Morgan fingerprint density at radius 2 is 1.63 bits per heavy atom. The summed E-state index contributed by atoms with van der Waals surface area (Å²) < 4.78 is 0. The molecule has 0 bridgehead atoms. The van der Waals surface area contributed by atoms with Gasteiger partial charge in [-0.3, -0.25) is 9.59 Å². The SMILES string of the molecule is CC[C@H](C)NC(=O)[C@@H](C)N(Cc1c(Cl)cccc1Cl)C(=O)CCc1ccc(C)cc1. The smallest absolute Gasteiger partial charge is 0.242 e. The Morgan fingerprint density at radius 3 is 2.20 bits per heavy atom. The first kappa shape index (κ1) is 24.2. The summed E-state index contributed by atoms with van der Waals surface area (Å²) >= 11 is 12.7. The van der Waals surface area contributed by atoms with Crippen LogP contribution in [0.1, 0.15) is 50.3 Å². The Kier molecular flexibility index (Phi) is 9.19. The summed E-state index contributed by atoms with van der Waals surface area (Å²) in [6.07, 6.45) is 1.72. The van der Waals surface area contributed by atoms with Crippen LogP contribution in [0, 0.1) is 6.92 Å². The molecule has 30 heavy (non-hydrogen) atoms. The number of benzene rings is 2. The maximum absolute atomic E-state index is 13.2. The van der Waals surface area contributed by atoms with Crippen LogP contribution in [-0.4, -0.2) is 28.8 Å². The molecule has 0 fully saturated rings. The number of hydrogen-bond acceptors (Lipinski definition) is 2. The first-order valence-electron chi connectivity index (χ1n) is 10.3. The van der Waals surface area contributed by atoms with Gasteiger partial charge in [-0.15, -0.1) is 0 Å². The van der Waals surface area contributed by atoms with Gasteiger partial charge in [0.25, 0.3) is 0 Å². The third-order valence-electron chi connectivity index (χ3n) is 5.31. The number of nitrogens with one attached hydrogen (secondary N) is 1. The molecule has 0 heterocycles. The minimum Gasteiger partial charge on any atom is -0.352 e.